The number of anilines is 2. The van der Waals surface area contributed by atoms with Gasteiger partial charge in [-0.1, -0.05) is 35.4 Å². The van der Waals surface area contributed by atoms with Gasteiger partial charge in [-0.05, 0) is 35.1 Å². The average molecular weight is 322 g/mol. The molecule has 0 aliphatic carbocycles. The Morgan fingerprint density at radius 1 is 1.04 bits per heavy atom. The minimum atomic E-state index is 0.230. The molecule has 0 bridgehead atoms. The molecule has 2 N–H and O–H groups in total. The maximum absolute atomic E-state index is 5.61. The molecule has 0 radical (unpaired) electrons. The lowest BCUT2D eigenvalue weighted by Crippen LogP contribution is -1.96. The van der Waals surface area contributed by atoms with Crippen LogP contribution < -0.4 is 5.32 Å². The van der Waals surface area contributed by atoms with Crippen LogP contribution in [-0.2, 0) is 0 Å². The Kier molecular flexibility index (Phi) is 3.28. The molecule has 112 valence electrons. The lowest BCUT2D eigenvalue weighted by Gasteiger charge is -2.00. The van der Waals surface area contributed by atoms with Gasteiger partial charge in [0.25, 0.3) is 0 Å². The first-order valence-electron chi connectivity index (χ1n) is 6.79. The third-order valence-corrected chi connectivity index (χ3v) is 3.43. The zero-order valence-corrected chi connectivity index (χ0v) is 12.5. The molecular formula is C15H10N6OS. The molecular weight excluding hydrogens is 312 g/mol. The number of fused-ring (bicyclic) bond motifs is 1. The minimum absolute atomic E-state index is 0.230. The van der Waals surface area contributed by atoms with Gasteiger partial charge in [-0.3, -0.25) is 5.32 Å². The van der Waals surface area contributed by atoms with Crippen molar-refractivity contribution >= 4 is 34.8 Å². The maximum Gasteiger partial charge on any atom is 0.321 e. The maximum atomic E-state index is 5.61. The summed E-state index contributed by atoms with van der Waals surface area (Å²) < 4.78 is 5.92. The van der Waals surface area contributed by atoms with Crippen molar-refractivity contribution in [3.8, 4) is 11.5 Å². The molecule has 0 aliphatic heterocycles. The van der Waals surface area contributed by atoms with Crippen molar-refractivity contribution in [2.45, 2.75) is 0 Å². The molecule has 0 saturated carbocycles. The van der Waals surface area contributed by atoms with Crippen LogP contribution in [0.2, 0.25) is 0 Å². The molecule has 2 heterocycles. The Morgan fingerprint density at radius 3 is 2.74 bits per heavy atom. The van der Waals surface area contributed by atoms with Gasteiger partial charge in [0, 0.05) is 5.56 Å². The van der Waals surface area contributed by atoms with Crippen molar-refractivity contribution in [2.24, 2.45) is 0 Å². The van der Waals surface area contributed by atoms with Crippen LogP contribution in [0.15, 0.2) is 53.1 Å². The smallest absolute Gasteiger partial charge is 0.321 e. The van der Waals surface area contributed by atoms with E-state index in [0.717, 1.165) is 16.3 Å². The third-order valence-electron chi connectivity index (χ3n) is 3.23. The van der Waals surface area contributed by atoms with Gasteiger partial charge in [-0.2, -0.15) is 5.10 Å². The summed E-state index contributed by atoms with van der Waals surface area (Å²) in [4.78, 5) is 3.92. The first-order valence-corrected chi connectivity index (χ1v) is 7.20. The first-order chi connectivity index (χ1) is 11.3. The molecule has 2 aromatic heterocycles. The number of hydrogen-bond donors (Lipinski definition) is 2. The Morgan fingerprint density at radius 2 is 1.91 bits per heavy atom. The highest BCUT2D eigenvalue weighted by molar-refractivity contribution is 7.71. The van der Waals surface area contributed by atoms with E-state index in [1.807, 2.05) is 36.4 Å². The van der Waals surface area contributed by atoms with Gasteiger partial charge in [-0.15, -0.1) is 5.10 Å². The zero-order valence-electron chi connectivity index (χ0n) is 11.7. The Hall–Kier alpha value is -3.13. The van der Waals surface area contributed by atoms with Crippen LogP contribution >= 0.6 is 12.2 Å². The molecule has 0 fully saturated rings. The number of benzene rings is 2. The van der Waals surface area contributed by atoms with E-state index in [-0.39, 0.29) is 6.01 Å². The largest absolute Gasteiger partial charge is 0.403 e. The SMILES string of the molecule is S=c1ncc(Nc2nnc(-c3ccc4ccccc4c3)o2)n[nH]1. The van der Waals surface area contributed by atoms with Crippen molar-refractivity contribution in [3.05, 3.63) is 53.4 Å². The van der Waals surface area contributed by atoms with E-state index in [9.17, 15) is 0 Å². The molecule has 0 amide bonds. The second-order valence-corrected chi connectivity index (χ2v) is 5.16. The Balaban J connectivity index is 1.63. The van der Waals surface area contributed by atoms with E-state index in [4.69, 9.17) is 16.6 Å². The van der Waals surface area contributed by atoms with Gasteiger partial charge in [-0.25, -0.2) is 10.1 Å². The lowest BCUT2D eigenvalue weighted by atomic mass is 10.1. The van der Waals surface area contributed by atoms with Crippen molar-refractivity contribution in [2.75, 3.05) is 5.32 Å². The summed E-state index contributed by atoms with van der Waals surface area (Å²) in [5.74, 6) is 0.863. The summed E-state index contributed by atoms with van der Waals surface area (Å²) in [7, 11) is 0. The highest BCUT2D eigenvalue weighted by atomic mass is 32.1. The van der Waals surface area contributed by atoms with Crippen LogP contribution in [0.3, 0.4) is 0 Å². The summed E-state index contributed by atoms with van der Waals surface area (Å²) in [6.45, 7) is 0. The van der Waals surface area contributed by atoms with Crippen molar-refractivity contribution in [1.29, 1.82) is 0 Å². The second-order valence-electron chi connectivity index (χ2n) is 4.77. The predicted molar refractivity (Wildman–Crippen MR) is 87.7 cm³/mol. The molecule has 8 heteroatoms. The summed E-state index contributed by atoms with van der Waals surface area (Å²) in [5.41, 5.74) is 0.850. The van der Waals surface area contributed by atoms with Gasteiger partial charge in [0.1, 0.15) is 0 Å². The van der Waals surface area contributed by atoms with E-state index in [0.29, 0.717) is 16.5 Å². The van der Waals surface area contributed by atoms with Gasteiger partial charge >= 0.3 is 6.01 Å². The van der Waals surface area contributed by atoms with Gasteiger partial charge in [0.2, 0.25) is 10.7 Å². The van der Waals surface area contributed by atoms with E-state index in [1.54, 1.807) is 0 Å². The molecule has 0 atom stereocenters. The van der Waals surface area contributed by atoms with E-state index in [1.165, 1.54) is 6.20 Å². The summed E-state index contributed by atoms with van der Waals surface area (Å²) in [5, 5.41) is 19.7. The Labute approximate surface area is 135 Å². The van der Waals surface area contributed by atoms with Gasteiger partial charge in [0.15, 0.2) is 5.82 Å². The quantitative estimate of drug-likeness (QED) is 0.558. The van der Waals surface area contributed by atoms with Crippen molar-refractivity contribution in [1.82, 2.24) is 25.4 Å². The zero-order chi connectivity index (χ0) is 15.6. The average Bonchev–Trinajstić information content (AvgIpc) is 3.05. The summed E-state index contributed by atoms with van der Waals surface area (Å²) >= 11 is 4.83. The van der Waals surface area contributed by atoms with E-state index >= 15 is 0 Å². The van der Waals surface area contributed by atoms with Crippen LogP contribution in [-0.4, -0.2) is 25.4 Å². The molecule has 4 aromatic rings. The number of nitrogens with zero attached hydrogens (tertiary/aromatic N) is 4. The number of rotatable bonds is 3. The minimum Gasteiger partial charge on any atom is -0.403 e. The second kappa shape index (κ2) is 5.58. The first kappa shape index (κ1) is 13.5. The number of aromatic nitrogens is 5. The van der Waals surface area contributed by atoms with Gasteiger partial charge < -0.3 is 4.42 Å². The number of nitrogens with one attached hydrogen (secondary N) is 2. The van der Waals surface area contributed by atoms with Crippen LogP contribution in [0, 0.1) is 4.77 Å². The van der Waals surface area contributed by atoms with E-state index in [2.05, 4.69) is 36.8 Å². The van der Waals surface area contributed by atoms with Crippen LogP contribution in [0.4, 0.5) is 11.8 Å². The third kappa shape index (κ3) is 2.79. The number of H-pyrrole nitrogens is 1. The topological polar surface area (TPSA) is 92.5 Å². The number of aromatic amines is 1. The standard InChI is InChI=1S/C15H10N6OS/c23-15-16-8-12(18-21-15)17-14-20-19-13(22-14)11-6-5-9-3-1-2-4-10(9)7-11/h1-8H,(H,16,21,23)(H,17,18,20). The molecule has 4 rings (SSSR count). The lowest BCUT2D eigenvalue weighted by molar-refractivity contribution is 0.587. The molecule has 2 aromatic carbocycles. The van der Waals surface area contributed by atoms with Crippen molar-refractivity contribution in [3.63, 3.8) is 0 Å². The Bertz CT molecular complexity index is 1020. The van der Waals surface area contributed by atoms with E-state index < -0.39 is 0 Å². The summed E-state index contributed by atoms with van der Waals surface area (Å²) in [6, 6.07) is 14.3. The fraction of sp³-hybridized carbons (Fsp3) is 0. The normalized spacial score (nSPS) is 10.8. The molecule has 7 nitrogen and oxygen atoms in total. The molecule has 0 aliphatic rings. The summed E-state index contributed by atoms with van der Waals surface area (Å²) in [6.07, 6.45) is 1.48. The molecule has 0 saturated heterocycles. The monoisotopic (exact) mass is 322 g/mol. The fourth-order valence-corrected chi connectivity index (χ4v) is 2.27. The highest BCUT2D eigenvalue weighted by Crippen LogP contribution is 2.25. The van der Waals surface area contributed by atoms with Crippen molar-refractivity contribution < 1.29 is 4.42 Å². The molecule has 23 heavy (non-hydrogen) atoms. The van der Waals surface area contributed by atoms with Crippen LogP contribution in [0.25, 0.3) is 22.2 Å². The fourth-order valence-electron chi connectivity index (χ4n) is 2.17. The van der Waals surface area contributed by atoms with Crippen LogP contribution in [0.1, 0.15) is 0 Å². The molecule has 0 unspecified atom stereocenters. The van der Waals surface area contributed by atoms with Gasteiger partial charge in [0.05, 0.1) is 6.20 Å². The number of hydrogen-bond acceptors (Lipinski definition) is 7. The van der Waals surface area contributed by atoms with Crippen LogP contribution in [0.5, 0.6) is 0 Å². The molecule has 0 spiro atoms. The predicted octanol–water partition coefficient (Wildman–Crippen LogP) is 3.48. The highest BCUT2D eigenvalue weighted by Gasteiger charge is 2.10.